The third-order valence-corrected chi connectivity index (χ3v) is 4.32. The fourth-order valence-corrected chi connectivity index (χ4v) is 2.83. The van der Waals surface area contributed by atoms with Crippen LogP contribution < -0.4 is 5.56 Å². The van der Waals surface area contributed by atoms with E-state index >= 15 is 0 Å². The Bertz CT molecular complexity index is 1020. The highest BCUT2D eigenvalue weighted by molar-refractivity contribution is 6.04. The van der Waals surface area contributed by atoms with E-state index in [1.54, 1.807) is 47.4 Å². The second kappa shape index (κ2) is 8.09. The van der Waals surface area contributed by atoms with Gasteiger partial charge in [0, 0.05) is 30.6 Å². The number of carbonyl (C=O) groups excluding carboxylic acids is 1. The molecule has 0 aliphatic heterocycles. The van der Waals surface area contributed by atoms with Gasteiger partial charge in [0.05, 0.1) is 5.39 Å². The topological polar surface area (TPSA) is 69.3 Å². The van der Waals surface area contributed by atoms with E-state index in [2.05, 4.69) is 10.2 Å². The van der Waals surface area contributed by atoms with Crippen LogP contribution in [0.25, 0.3) is 10.8 Å². The van der Waals surface area contributed by atoms with Gasteiger partial charge in [-0.25, -0.2) is 9.49 Å². The minimum absolute atomic E-state index is 0.120. The number of H-pyrrole nitrogens is 1. The molecule has 0 unspecified atom stereocenters. The number of hydrogen-bond donors (Lipinski definition) is 1. The Balaban J connectivity index is 1.99. The van der Waals surface area contributed by atoms with E-state index in [1.807, 2.05) is 19.0 Å². The van der Waals surface area contributed by atoms with Gasteiger partial charge in [-0.05, 0) is 26.2 Å². The molecule has 0 aliphatic rings. The standard InChI is InChI=1S/C20H21FN4O2/c1-24(2)11-12-25(13-14-7-3-6-10-17(14)21)20(27)18-15-8-4-5-9-16(15)19(26)23-22-18/h3-10H,11-13H2,1-2H3,(H,23,26). The van der Waals surface area contributed by atoms with Crippen molar-refractivity contribution in [2.75, 3.05) is 27.2 Å². The Morgan fingerprint density at radius 2 is 1.70 bits per heavy atom. The van der Waals surface area contributed by atoms with Gasteiger partial charge in [-0.3, -0.25) is 9.59 Å². The number of aromatic nitrogens is 2. The first-order valence-electron chi connectivity index (χ1n) is 8.62. The van der Waals surface area contributed by atoms with Crippen molar-refractivity contribution < 1.29 is 9.18 Å². The van der Waals surface area contributed by atoms with Gasteiger partial charge >= 0.3 is 0 Å². The van der Waals surface area contributed by atoms with Crippen molar-refractivity contribution in [2.45, 2.75) is 6.54 Å². The molecule has 6 nitrogen and oxygen atoms in total. The van der Waals surface area contributed by atoms with Crippen LogP contribution in [0.4, 0.5) is 4.39 Å². The summed E-state index contributed by atoms with van der Waals surface area (Å²) in [5.74, 6) is -0.716. The van der Waals surface area contributed by atoms with Gasteiger partial charge in [-0.15, -0.1) is 0 Å². The summed E-state index contributed by atoms with van der Waals surface area (Å²) in [6.07, 6.45) is 0. The number of benzene rings is 2. The average Bonchev–Trinajstić information content (AvgIpc) is 2.66. The van der Waals surface area contributed by atoms with Crippen LogP contribution in [0.15, 0.2) is 53.3 Å². The maximum atomic E-state index is 14.1. The SMILES string of the molecule is CN(C)CCN(Cc1ccccc1F)C(=O)c1n[nH]c(=O)c2ccccc12. The fraction of sp³-hybridized carbons (Fsp3) is 0.250. The molecule has 3 aromatic rings. The molecule has 140 valence electrons. The van der Waals surface area contributed by atoms with E-state index in [1.165, 1.54) is 6.07 Å². The molecule has 0 radical (unpaired) electrons. The van der Waals surface area contributed by atoms with E-state index < -0.39 is 0 Å². The number of halogens is 1. The molecule has 0 saturated carbocycles. The van der Waals surface area contributed by atoms with Crippen molar-refractivity contribution in [3.8, 4) is 0 Å². The number of carbonyl (C=O) groups is 1. The Morgan fingerprint density at radius 3 is 2.41 bits per heavy atom. The lowest BCUT2D eigenvalue weighted by molar-refractivity contribution is 0.0725. The number of hydrogen-bond acceptors (Lipinski definition) is 4. The first kappa shape index (κ1) is 18.7. The summed E-state index contributed by atoms with van der Waals surface area (Å²) in [6.45, 7) is 1.13. The zero-order chi connectivity index (χ0) is 19.4. The Labute approximate surface area is 156 Å². The molecule has 2 aromatic carbocycles. The first-order valence-corrected chi connectivity index (χ1v) is 8.62. The molecule has 0 bridgehead atoms. The summed E-state index contributed by atoms with van der Waals surface area (Å²) in [5.41, 5.74) is 0.231. The summed E-state index contributed by atoms with van der Waals surface area (Å²) >= 11 is 0. The predicted octanol–water partition coefficient (Wildman–Crippen LogP) is 2.27. The van der Waals surface area contributed by atoms with E-state index in [4.69, 9.17) is 0 Å². The highest BCUT2D eigenvalue weighted by Gasteiger charge is 2.22. The average molecular weight is 368 g/mol. The van der Waals surface area contributed by atoms with Crippen molar-refractivity contribution in [1.29, 1.82) is 0 Å². The van der Waals surface area contributed by atoms with Gasteiger partial charge in [0.25, 0.3) is 11.5 Å². The normalized spacial score (nSPS) is 11.1. The maximum absolute atomic E-state index is 14.1. The van der Waals surface area contributed by atoms with Crippen molar-refractivity contribution in [3.63, 3.8) is 0 Å². The Hall–Kier alpha value is -3.06. The molecule has 0 fully saturated rings. The smallest absolute Gasteiger partial charge is 0.275 e. The van der Waals surface area contributed by atoms with Gasteiger partial charge in [-0.2, -0.15) is 5.10 Å². The number of fused-ring (bicyclic) bond motifs is 1. The maximum Gasteiger partial charge on any atom is 0.275 e. The van der Waals surface area contributed by atoms with Crippen LogP contribution in [-0.2, 0) is 6.54 Å². The van der Waals surface area contributed by atoms with Crippen LogP contribution in [0.3, 0.4) is 0 Å². The van der Waals surface area contributed by atoms with Crippen molar-refractivity contribution in [1.82, 2.24) is 20.0 Å². The number of likely N-dealkylation sites (N-methyl/N-ethyl adjacent to an activating group) is 1. The van der Waals surface area contributed by atoms with Crippen molar-refractivity contribution >= 4 is 16.7 Å². The minimum Gasteiger partial charge on any atom is -0.332 e. The summed E-state index contributed by atoms with van der Waals surface area (Å²) in [5, 5.41) is 7.24. The molecule has 27 heavy (non-hydrogen) atoms. The Kier molecular flexibility index (Phi) is 5.61. The molecule has 3 rings (SSSR count). The summed E-state index contributed by atoms with van der Waals surface area (Å²) in [7, 11) is 3.80. The molecule has 1 aromatic heterocycles. The number of aromatic amines is 1. The molecule has 0 atom stereocenters. The molecule has 1 N–H and O–H groups in total. The van der Waals surface area contributed by atoms with Gasteiger partial charge < -0.3 is 9.80 Å². The monoisotopic (exact) mass is 368 g/mol. The third kappa shape index (κ3) is 4.20. The highest BCUT2D eigenvalue weighted by Crippen LogP contribution is 2.17. The molecule has 1 amide bonds. The van der Waals surface area contributed by atoms with Crippen LogP contribution in [0.2, 0.25) is 0 Å². The van der Waals surface area contributed by atoms with Gasteiger partial charge in [0.1, 0.15) is 5.82 Å². The van der Waals surface area contributed by atoms with Crippen molar-refractivity contribution in [3.05, 3.63) is 76.0 Å². The molecular weight excluding hydrogens is 347 g/mol. The molecule has 7 heteroatoms. The van der Waals surface area contributed by atoms with E-state index in [0.717, 1.165) is 0 Å². The largest absolute Gasteiger partial charge is 0.332 e. The number of rotatable bonds is 6. The molecule has 1 heterocycles. The van der Waals surface area contributed by atoms with E-state index in [0.29, 0.717) is 29.4 Å². The van der Waals surface area contributed by atoms with E-state index in [-0.39, 0.29) is 29.5 Å². The summed E-state index contributed by atoms with van der Waals surface area (Å²) in [6, 6.07) is 13.2. The van der Waals surface area contributed by atoms with Gasteiger partial charge in [0.2, 0.25) is 0 Å². The van der Waals surface area contributed by atoms with Crippen molar-refractivity contribution in [2.24, 2.45) is 0 Å². The van der Waals surface area contributed by atoms with Crippen LogP contribution in [-0.4, -0.2) is 53.1 Å². The number of nitrogens with zero attached hydrogens (tertiary/aromatic N) is 3. The quantitative estimate of drug-likeness (QED) is 0.725. The Morgan fingerprint density at radius 1 is 1.04 bits per heavy atom. The molecular formula is C20H21FN4O2. The minimum atomic E-state index is -0.362. The number of nitrogens with one attached hydrogen (secondary N) is 1. The van der Waals surface area contributed by atoms with Gasteiger partial charge in [0.15, 0.2) is 5.69 Å². The van der Waals surface area contributed by atoms with Crippen LogP contribution in [0.5, 0.6) is 0 Å². The van der Waals surface area contributed by atoms with E-state index in [9.17, 15) is 14.0 Å². The van der Waals surface area contributed by atoms with Gasteiger partial charge in [-0.1, -0.05) is 36.4 Å². The first-order chi connectivity index (χ1) is 13.0. The second-order valence-electron chi connectivity index (χ2n) is 6.57. The lowest BCUT2D eigenvalue weighted by Crippen LogP contribution is -2.37. The number of amides is 1. The lowest BCUT2D eigenvalue weighted by Gasteiger charge is -2.24. The fourth-order valence-electron chi connectivity index (χ4n) is 2.83. The molecule has 0 spiro atoms. The highest BCUT2D eigenvalue weighted by atomic mass is 19.1. The molecule has 0 aliphatic carbocycles. The predicted molar refractivity (Wildman–Crippen MR) is 102 cm³/mol. The zero-order valence-electron chi connectivity index (χ0n) is 15.3. The molecule has 0 saturated heterocycles. The summed E-state index contributed by atoms with van der Waals surface area (Å²) < 4.78 is 14.1. The van der Waals surface area contributed by atoms with Crippen LogP contribution >= 0.6 is 0 Å². The summed E-state index contributed by atoms with van der Waals surface area (Å²) in [4.78, 5) is 28.7. The van der Waals surface area contributed by atoms with Crippen LogP contribution in [0, 0.1) is 5.82 Å². The zero-order valence-corrected chi connectivity index (χ0v) is 15.3. The third-order valence-electron chi connectivity index (χ3n) is 4.32. The second-order valence-corrected chi connectivity index (χ2v) is 6.57. The lowest BCUT2D eigenvalue weighted by atomic mass is 10.1. The van der Waals surface area contributed by atoms with Crippen LogP contribution in [0.1, 0.15) is 16.1 Å².